The van der Waals surface area contributed by atoms with Gasteiger partial charge in [0.15, 0.2) is 11.6 Å². The predicted octanol–water partition coefficient (Wildman–Crippen LogP) is 3.82. The summed E-state index contributed by atoms with van der Waals surface area (Å²) in [4.78, 5) is 0. The van der Waals surface area contributed by atoms with Crippen LogP contribution in [0.4, 0.5) is 5.82 Å². The largest absolute Gasteiger partial charge is 0.496 e. The van der Waals surface area contributed by atoms with Crippen LogP contribution in [0.5, 0.6) is 5.75 Å². The van der Waals surface area contributed by atoms with E-state index < -0.39 is 0 Å². The number of nitrogen functional groups attached to an aromatic ring is 1. The van der Waals surface area contributed by atoms with Gasteiger partial charge in [0, 0.05) is 10.5 Å². The van der Waals surface area contributed by atoms with Crippen molar-refractivity contribution in [3.63, 3.8) is 0 Å². The second-order valence-corrected chi connectivity index (χ2v) is 5.20. The van der Waals surface area contributed by atoms with Gasteiger partial charge in [0.2, 0.25) is 0 Å². The topological polar surface area (TPSA) is 61.3 Å². The lowest BCUT2D eigenvalue weighted by Gasteiger charge is -2.13. The van der Waals surface area contributed by atoms with E-state index in [2.05, 4.69) is 34.9 Å². The van der Waals surface area contributed by atoms with Crippen molar-refractivity contribution in [2.45, 2.75) is 19.8 Å². The van der Waals surface area contributed by atoms with Crippen LogP contribution in [0.15, 0.2) is 27.2 Å². The van der Waals surface area contributed by atoms with Gasteiger partial charge in [0.05, 0.1) is 12.7 Å². The first-order valence-electron chi connectivity index (χ1n) is 5.63. The summed E-state index contributed by atoms with van der Waals surface area (Å²) in [6.07, 6.45) is 0. The van der Waals surface area contributed by atoms with E-state index in [9.17, 15) is 0 Å². The zero-order chi connectivity index (χ0) is 13.3. The van der Waals surface area contributed by atoms with E-state index in [-0.39, 0.29) is 0 Å². The molecule has 1 aromatic carbocycles. The Labute approximate surface area is 114 Å². The molecule has 2 rings (SSSR count). The molecule has 0 fully saturated rings. The molecule has 0 saturated carbocycles. The van der Waals surface area contributed by atoms with Crippen molar-refractivity contribution in [1.82, 2.24) is 5.16 Å². The molecule has 2 aromatic rings. The summed E-state index contributed by atoms with van der Waals surface area (Å²) in [6.45, 7) is 4.26. The summed E-state index contributed by atoms with van der Waals surface area (Å²) in [5.41, 5.74) is 7.58. The molecule has 0 aliphatic carbocycles. The standard InChI is InChI=1S/C13H15BrN2O2/c1-7(2)8-5-11(17-3)9(4-10(8)14)12-6-13(15)16-18-12/h4-7H,1-3H3,(H2,15,16). The highest BCUT2D eigenvalue weighted by molar-refractivity contribution is 9.10. The number of ether oxygens (including phenoxy) is 1. The quantitative estimate of drug-likeness (QED) is 0.936. The molecule has 0 amide bonds. The van der Waals surface area contributed by atoms with Gasteiger partial charge in [-0.2, -0.15) is 0 Å². The predicted molar refractivity (Wildman–Crippen MR) is 74.7 cm³/mol. The zero-order valence-corrected chi connectivity index (χ0v) is 12.1. The van der Waals surface area contributed by atoms with E-state index in [0.29, 0.717) is 17.5 Å². The van der Waals surface area contributed by atoms with Crippen molar-refractivity contribution in [3.05, 3.63) is 28.2 Å². The summed E-state index contributed by atoms with van der Waals surface area (Å²) in [5, 5.41) is 3.69. The van der Waals surface area contributed by atoms with E-state index in [1.807, 2.05) is 12.1 Å². The van der Waals surface area contributed by atoms with Crippen LogP contribution in [0, 0.1) is 0 Å². The monoisotopic (exact) mass is 310 g/mol. The van der Waals surface area contributed by atoms with Gasteiger partial charge in [0.1, 0.15) is 5.75 Å². The SMILES string of the molecule is COc1cc(C(C)C)c(Br)cc1-c1cc(N)no1. The minimum atomic E-state index is 0.358. The molecule has 0 spiro atoms. The van der Waals surface area contributed by atoms with Crippen molar-refractivity contribution in [2.24, 2.45) is 0 Å². The summed E-state index contributed by atoms with van der Waals surface area (Å²) in [7, 11) is 1.64. The zero-order valence-electron chi connectivity index (χ0n) is 10.5. The molecule has 0 radical (unpaired) electrons. The van der Waals surface area contributed by atoms with Crippen LogP contribution in [0.1, 0.15) is 25.3 Å². The normalized spacial score (nSPS) is 10.9. The molecule has 0 atom stereocenters. The first kappa shape index (κ1) is 13.0. The number of rotatable bonds is 3. The summed E-state index contributed by atoms with van der Waals surface area (Å²) < 4.78 is 11.6. The average molecular weight is 311 g/mol. The summed E-state index contributed by atoms with van der Waals surface area (Å²) in [6, 6.07) is 5.65. The number of nitrogens with zero attached hydrogens (tertiary/aromatic N) is 1. The van der Waals surface area contributed by atoms with Crippen LogP contribution >= 0.6 is 15.9 Å². The molecule has 1 aromatic heterocycles. The molecule has 4 nitrogen and oxygen atoms in total. The fraction of sp³-hybridized carbons (Fsp3) is 0.308. The van der Waals surface area contributed by atoms with Crippen molar-refractivity contribution in [3.8, 4) is 17.1 Å². The lowest BCUT2D eigenvalue weighted by atomic mass is 10.00. The number of hydrogen-bond donors (Lipinski definition) is 1. The second-order valence-electron chi connectivity index (χ2n) is 4.34. The fourth-order valence-electron chi connectivity index (χ4n) is 1.79. The minimum absolute atomic E-state index is 0.358. The van der Waals surface area contributed by atoms with Gasteiger partial charge in [0.25, 0.3) is 0 Å². The molecule has 0 aliphatic rings. The van der Waals surface area contributed by atoms with Crippen LogP contribution in [-0.4, -0.2) is 12.3 Å². The van der Waals surface area contributed by atoms with Gasteiger partial charge in [-0.1, -0.05) is 34.9 Å². The third-order valence-electron chi connectivity index (χ3n) is 2.73. The highest BCUT2D eigenvalue weighted by atomic mass is 79.9. The average Bonchev–Trinajstić information content (AvgIpc) is 2.75. The molecule has 0 bridgehead atoms. The molecule has 96 valence electrons. The van der Waals surface area contributed by atoms with Crippen LogP contribution in [0.25, 0.3) is 11.3 Å². The number of aromatic nitrogens is 1. The number of halogens is 1. The van der Waals surface area contributed by atoms with Crippen molar-refractivity contribution in [1.29, 1.82) is 0 Å². The Balaban J connectivity index is 2.57. The van der Waals surface area contributed by atoms with Crippen molar-refractivity contribution in [2.75, 3.05) is 12.8 Å². The van der Waals surface area contributed by atoms with Gasteiger partial charge in [-0.3, -0.25) is 0 Å². The molecule has 0 unspecified atom stereocenters. The van der Waals surface area contributed by atoms with Gasteiger partial charge < -0.3 is 15.0 Å². The highest BCUT2D eigenvalue weighted by Gasteiger charge is 2.15. The maximum Gasteiger partial charge on any atom is 0.172 e. The van der Waals surface area contributed by atoms with Crippen molar-refractivity contribution < 1.29 is 9.26 Å². The maximum atomic E-state index is 5.57. The van der Waals surface area contributed by atoms with Gasteiger partial charge >= 0.3 is 0 Å². The Hall–Kier alpha value is -1.49. The van der Waals surface area contributed by atoms with E-state index in [1.165, 1.54) is 5.56 Å². The van der Waals surface area contributed by atoms with Gasteiger partial charge in [-0.25, -0.2) is 0 Å². The van der Waals surface area contributed by atoms with Crippen LogP contribution in [0.2, 0.25) is 0 Å². The van der Waals surface area contributed by atoms with E-state index in [1.54, 1.807) is 13.2 Å². The smallest absolute Gasteiger partial charge is 0.172 e. The lowest BCUT2D eigenvalue weighted by Crippen LogP contribution is -1.94. The van der Waals surface area contributed by atoms with Crippen LogP contribution < -0.4 is 10.5 Å². The molecule has 2 N–H and O–H groups in total. The van der Waals surface area contributed by atoms with Gasteiger partial charge in [-0.05, 0) is 23.6 Å². The molecule has 1 heterocycles. The highest BCUT2D eigenvalue weighted by Crippen LogP contribution is 2.38. The first-order chi connectivity index (χ1) is 8.52. The Morgan fingerprint density at radius 3 is 2.56 bits per heavy atom. The van der Waals surface area contributed by atoms with Gasteiger partial charge in [-0.15, -0.1) is 0 Å². The fourth-order valence-corrected chi connectivity index (χ4v) is 2.59. The second kappa shape index (κ2) is 5.02. The van der Waals surface area contributed by atoms with Crippen LogP contribution in [-0.2, 0) is 0 Å². The Bertz CT molecular complexity index is 564. The Morgan fingerprint density at radius 1 is 1.33 bits per heavy atom. The third-order valence-corrected chi connectivity index (χ3v) is 3.42. The van der Waals surface area contributed by atoms with Crippen LogP contribution in [0.3, 0.4) is 0 Å². The summed E-state index contributed by atoms with van der Waals surface area (Å²) >= 11 is 3.57. The molecular formula is C13H15BrN2O2. The van der Waals surface area contributed by atoms with E-state index in [0.717, 1.165) is 15.8 Å². The van der Waals surface area contributed by atoms with E-state index in [4.69, 9.17) is 15.0 Å². The number of anilines is 1. The number of hydrogen-bond acceptors (Lipinski definition) is 4. The van der Waals surface area contributed by atoms with Crippen molar-refractivity contribution >= 4 is 21.7 Å². The molecular weight excluding hydrogens is 296 g/mol. The Morgan fingerprint density at radius 2 is 2.06 bits per heavy atom. The molecule has 18 heavy (non-hydrogen) atoms. The molecule has 5 heteroatoms. The van der Waals surface area contributed by atoms with E-state index >= 15 is 0 Å². The molecule has 0 saturated heterocycles. The molecule has 0 aliphatic heterocycles. The number of benzene rings is 1. The minimum Gasteiger partial charge on any atom is -0.496 e. The first-order valence-corrected chi connectivity index (χ1v) is 6.42. The number of methoxy groups -OCH3 is 1. The number of nitrogens with two attached hydrogens (primary N) is 1. The third kappa shape index (κ3) is 2.36. The summed E-state index contributed by atoms with van der Waals surface area (Å²) in [5.74, 6) is 2.11. The maximum absolute atomic E-state index is 5.57. The Kier molecular flexibility index (Phi) is 3.61. The lowest BCUT2D eigenvalue weighted by molar-refractivity contribution is 0.406.